The Kier molecular flexibility index (Phi) is 6.39. The second-order valence-corrected chi connectivity index (χ2v) is 13.5. The zero-order valence-corrected chi connectivity index (χ0v) is 27.3. The second-order valence-electron chi connectivity index (χ2n) is 12.5. The van der Waals surface area contributed by atoms with Crippen molar-refractivity contribution in [2.45, 2.75) is 0 Å². The minimum atomic E-state index is 0.900. The second kappa shape index (κ2) is 11.2. The molecule has 0 aliphatic heterocycles. The lowest BCUT2D eigenvalue weighted by Gasteiger charge is -2.27. The van der Waals surface area contributed by atoms with Crippen molar-refractivity contribution < 1.29 is 4.42 Å². The van der Waals surface area contributed by atoms with Crippen LogP contribution in [0.2, 0.25) is 0 Å². The zero-order valence-electron chi connectivity index (χ0n) is 26.5. The molecule has 0 amide bonds. The molecule has 0 spiro atoms. The molecule has 2 heterocycles. The van der Waals surface area contributed by atoms with Crippen LogP contribution in [0.5, 0.6) is 0 Å². The average Bonchev–Trinajstić information content (AvgIpc) is 3.74. The number of para-hydroxylation sites is 2. The van der Waals surface area contributed by atoms with Crippen LogP contribution >= 0.6 is 11.3 Å². The summed E-state index contributed by atoms with van der Waals surface area (Å²) in [4.78, 5) is 2.43. The summed E-state index contributed by atoms with van der Waals surface area (Å²) in [6.45, 7) is 0. The van der Waals surface area contributed by atoms with Gasteiger partial charge in [-0.05, 0) is 69.9 Å². The van der Waals surface area contributed by atoms with Crippen molar-refractivity contribution in [1.29, 1.82) is 0 Å². The molecule has 10 rings (SSSR count). The Hall–Kier alpha value is -6.16. The third kappa shape index (κ3) is 4.55. The van der Waals surface area contributed by atoms with Gasteiger partial charge >= 0.3 is 0 Å². The Morgan fingerprint density at radius 1 is 0.429 bits per heavy atom. The summed E-state index contributed by atoms with van der Waals surface area (Å²) in [6.07, 6.45) is 0. The van der Waals surface area contributed by atoms with Gasteiger partial charge in [0.2, 0.25) is 0 Å². The first-order valence-electron chi connectivity index (χ1n) is 16.6. The van der Waals surface area contributed by atoms with Crippen LogP contribution in [0.1, 0.15) is 0 Å². The maximum atomic E-state index is 6.63. The predicted molar refractivity (Wildman–Crippen MR) is 210 cm³/mol. The van der Waals surface area contributed by atoms with E-state index in [1.165, 1.54) is 36.5 Å². The normalized spacial score (nSPS) is 11.7. The third-order valence-electron chi connectivity index (χ3n) is 9.66. The van der Waals surface area contributed by atoms with Gasteiger partial charge in [-0.25, -0.2) is 0 Å². The summed E-state index contributed by atoms with van der Waals surface area (Å²) in [5.41, 5.74) is 9.70. The number of anilines is 3. The maximum absolute atomic E-state index is 6.63. The highest BCUT2D eigenvalue weighted by molar-refractivity contribution is 7.26. The van der Waals surface area contributed by atoms with Crippen LogP contribution in [-0.4, -0.2) is 0 Å². The molecule has 230 valence electrons. The van der Waals surface area contributed by atoms with Crippen molar-refractivity contribution in [3.8, 4) is 22.3 Å². The van der Waals surface area contributed by atoms with E-state index in [4.69, 9.17) is 4.42 Å². The predicted octanol–water partition coefficient (Wildman–Crippen LogP) is 13.9. The molecule has 0 fully saturated rings. The van der Waals surface area contributed by atoms with Gasteiger partial charge in [0.1, 0.15) is 11.2 Å². The molecule has 0 radical (unpaired) electrons. The minimum Gasteiger partial charge on any atom is -0.455 e. The number of hydrogen-bond acceptors (Lipinski definition) is 3. The van der Waals surface area contributed by atoms with Crippen LogP contribution in [-0.2, 0) is 0 Å². The van der Waals surface area contributed by atoms with Gasteiger partial charge in [0, 0.05) is 43.2 Å². The van der Waals surface area contributed by atoms with Crippen LogP contribution in [0.25, 0.3) is 75.1 Å². The number of benzene rings is 8. The summed E-state index contributed by atoms with van der Waals surface area (Å²) < 4.78 is 9.19. The molecule has 0 aliphatic carbocycles. The number of furan rings is 1. The van der Waals surface area contributed by atoms with E-state index in [-0.39, 0.29) is 0 Å². The van der Waals surface area contributed by atoms with E-state index in [0.29, 0.717) is 0 Å². The first kappa shape index (κ1) is 27.9. The van der Waals surface area contributed by atoms with E-state index in [9.17, 15) is 0 Å². The lowest BCUT2D eigenvalue weighted by atomic mass is 9.92. The van der Waals surface area contributed by atoms with Crippen LogP contribution < -0.4 is 4.90 Å². The highest BCUT2D eigenvalue weighted by Gasteiger charge is 2.22. The molecule has 0 atom stereocenters. The SMILES string of the molecule is c1ccc(-c2ccc(N(c3ccc4ccccc4c3)c3cccc4c3sc3ccccc34)cc2-c2cccc3c2oc2ccccc23)cc1. The lowest BCUT2D eigenvalue weighted by molar-refractivity contribution is 0.670. The van der Waals surface area contributed by atoms with Gasteiger partial charge in [0.15, 0.2) is 0 Å². The van der Waals surface area contributed by atoms with Gasteiger partial charge in [-0.3, -0.25) is 0 Å². The van der Waals surface area contributed by atoms with E-state index < -0.39 is 0 Å². The molecule has 8 aromatic carbocycles. The minimum absolute atomic E-state index is 0.900. The van der Waals surface area contributed by atoms with E-state index in [0.717, 1.165) is 55.7 Å². The molecule has 0 bridgehead atoms. The van der Waals surface area contributed by atoms with Crippen molar-refractivity contribution in [1.82, 2.24) is 0 Å². The quantitative estimate of drug-likeness (QED) is 0.186. The molecule has 0 aliphatic rings. The van der Waals surface area contributed by atoms with Crippen molar-refractivity contribution in [3.05, 3.63) is 176 Å². The Morgan fingerprint density at radius 3 is 2.04 bits per heavy atom. The fourth-order valence-electron chi connectivity index (χ4n) is 7.37. The van der Waals surface area contributed by atoms with Crippen LogP contribution in [0, 0.1) is 0 Å². The topological polar surface area (TPSA) is 16.4 Å². The summed E-state index contributed by atoms with van der Waals surface area (Å²) in [5, 5.41) is 7.26. The van der Waals surface area contributed by atoms with Crippen molar-refractivity contribution in [2.75, 3.05) is 4.90 Å². The smallest absolute Gasteiger partial charge is 0.143 e. The van der Waals surface area contributed by atoms with Gasteiger partial charge in [-0.2, -0.15) is 0 Å². The molecular formula is C46H29NOS. The molecule has 49 heavy (non-hydrogen) atoms. The Bertz CT molecular complexity index is 2840. The Morgan fingerprint density at radius 2 is 1.12 bits per heavy atom. The van der Waals surface area contributed by atoms with Gasteiger partial charge < -0.3 is 9.32 Å². The highest BCUT2D eigenvalue weighted by atomic mass is 32.1. The average molecular weight is 644 g/mol. The summed E-state index contributed by atoms with van der Waals surface area (Å²) in [7, 11) is 0. The largest absolute Gasteiger partial charge is 0.455 e. The number of rotatable bonds is 5. The highest BCUT2D eigenvalue weighted by Crippen LogP contribution is 2.48. The Balaban J connectivity index is 1.27. The molecule has 3 heteroatoms. The van der Waals surface area contributed by atoms with Crippen molar-refractivity contribution in [3.63, 3.8) is 0 Å². The van der Waals surface area contributed by atoms with Gasteiger partial charge in [-0.1, -0.05) is 133 Å². The summed E-state index contributed by atoms with van der Waals surface area (Å²) in [5.74, 6) is 0. The molecule has 2 nitrogen and oxygen atoms in total. The van der Waals surface area contributed by atoms with Crippen LogP contribution in [0.15, 0.2) is 180 Å². The third-order valence-corrected chi connectivity index (χ3v) is 10.9. The van der Waals surface area contributed by atoms with Crippen LogP contribution in [0.4, 0.5) is 17.1 Å². The van der Waals surface area contributed by atoms with E-state index >= 15 is 0 Å². The maximum Gasteiger partial charge on any atom is 0.143 e. The monoisotopic (exact) mass is 643 g/mol. The van der Waals surface area contributed by atoms with E-state index in [1.807, 2.05) is 17.4 Å². The molecule has 0 saturated heterocycles. The van der Waals surface area contributed by atoms with Crippen molar-refractivity contribution in [2.24, 2.45) is 0 Å². The standard InChI is InChI=1S/C46H29NOS/c1-2-13-31(14-3-1)35-27-26-34(29-41(35)39-19-10-18-38-36-16-6-8-22-43(36)48-45(38)39)47(33-25-24-30-12-4-5-15-32(30)28-33)42-21-11-20-40-37-17-7-9-23-44(37)49-46(40)42/h1-29H. The number of fused-ring (bicyclic) bond motifs is 7. The van der Waals surface area contributed by atoms with Gasteiger partial charge in [0.05, 0.1) is 10.4 Å². The summed E-state index contributed by atoms with van der Waals surface area (Å²) in [6, 6.07) is 63.2. The molecule has 0 N–H and O–H groups in total. The lowest BCUT2D eigenvalue weighted by Crippen LogP contribution is -2.10. The molecule has 2 aromatic heterocycles. The fraction of sp³-hybridized carbons (Fsp3) is 0. The van der Waals surface area contributed by atoms with Gasteiger partial charge in [-0.15, -0.1) is 11.3 Å². The molecule has 0 unspecified atom stereocenters. The summed E-state index contributed by atoms with van der Waals surface area (Å²) >= 11 is 1.86. The molecule has 0 saturated carbocycles. The van der Waals surface area contributed by atoms with E-state index in [1.54, 1.807) is 0 Å². The number of hydrogen-bond donors (Lipinski definition) is 0. The molecular weight excluding hydrogens is 615 g/mol. The van der Waals surface area contributed by atoms with Crippen LogP contribution in [0.3, 0.4) is 0 Å². The fourth-order valence-corrected chi connectivity index (χ4v) is 8.58. The van der Waals surface area contributed by atoms with E-state index in [2.05, 4.69) is 175 Å². The zero-order chi connectivity index (χ0) is 32.3. The molecule has 10 aromatic rings. The Labute approximate surface area is 287 Å². The first-order chi connectivity index (χ1) is 24.3. The first-order valence-corrected chi connectivity index (χ1v) is 17.4. The van der Waals surface area contributed by atoms with Gasteiger partial charge in [0.25, 0.3) is 0 Å². The number of nitrogens with zero attached hydrogens (tertiary/aromatic N) is 1. The number of thiophene rings is 1. The van der Waals surface area contributed by atoms with Crippen molar-refractivity contribution >= 4 is 81.3 Å².